The van der Waals surface area contributed by atoms with Gasteiger partial charge in [-0.05, 0) is 31.0 Å². The molecule has 23 heavy (non-hydrogen) atoms. The van der Waals surface area contributed by atoms with E-state index in [-0.39, 0.29) is 5.91 Å². The fraction of sp³-hybridized carbons (Fsp3) is 0.588. The Morgan fingerprint density at radius 1 is 1.22 bits per heavy atom. The van der Waals surface area contributed by atoms with E-state index >= 15 is 0 Å². The summed E-state index contributed by atoms with van der Waals surface area (Å²) in [6.45, 7) is 3.79. The van der Waals surface area contributed by atoms with E-state index in [0.717, 1.165) is 32.2 Å². The summed E-state index contributed by atoms with van der Waals surface area (Å²) in [4.78, 5) is 14.9. The summed E-state index contributed by atoms with van der Waals surface area (Å²) >= 11 is 0. The molecule has 6 nitrogen and oxygen atoms in total. The van der Waals surface area contributed by atoms with Gasteiger partial charge in [0.2, 0.25) is 0 Å². The number of carbonyl (C=O) groups is 1. The van der Waals surface area contributed by atoms with Gasteiger partial charge in [-0.25, -0.2) is 5.01 Å². The first-order valence-corrected chi connectivity index (χ1v) is 8.41. The number of hydrazine groups is 1. The van der Waals surface area contributed by atoms with E-state index in [1.807, 2.05) is 5.01 Å². The zero-order valence-electron chi connectivity index (χ0n) is 13.8. The molecule has 1 aliphatic carbocycles. The Morgan fingerprint density at radius 3 is 2.57 bits per heavy atom. The average Bonchev–Trinajstić information content (AvgIpc) is 3.10. The van der Waals surface area contributed by atoms with Gasteiger partial charge < -0.3 is 10.5 Å². The molecule has 3 rings (SSSR count). The predicted molar refractivity (Wildman–Crippen MR) is 90.3 cm³/mol. The maximum Gasteiger partial charge on any atom is 0.265 e. The quantitative estimate of drug-likeness (QED) is 0.823. The van der Waals surface area contributed by atoms with Gasteiger partial charge in [-0.15, -0.1) is 0 Å². The number of amides is 1. The Kier molecular flexibility index (Phi) is 5.03. The second-order valence-electron chi connectivity index (χ2n) is 6.36. The minimum atomic E-state index is -0.113. The molecule has 0 bridgehead atoms. The van der Waals surface area contributed by atoms with Crippen molar-refractivity contribution in [3.05, 3.63) is 23.8 Å². The summed E-state index contributed by atoms with van der Waals surface area (Å²) in [5.74, 6) is 0.418. The SMILES string of the molecule is COc1cc(C(=O)NN2CCN(C3CCCC3)CC2)ccc1N. The summed E-state index contributed by atoms with van der Waals surface area (Å²) in [6, 6.07) is 5.86. The molecular formula is C17H26N4O2. The van der Waals surface area contributed by atoms with E-state index in [1.54, 1.807) is 25.3 Å². The Morgan fingerprint density at radius 2 is 1.91 bits per heavy atom. The van der Waals surface area contributed by atoms with Gasteiger partial charge in [-0.3, -0.25) is 15.1 Å². The topological polar surface area (TPSA) is 70.8 Å². The van der Waals surface area contributed by atoms with E-state index in [9.17, 15) is 4.79 Å². The van der Waals surface area contributed by atoms with Crippen molar-refractivity contribution in [2.75, 3.05) is 39.0 Å². The van der Waals surface area contributed by atoms with Crippen molar-refractivity contribution in [1.29, 1.82) is 0 Å². The molecule has 0 unspecified atom stereocenters. The van der Waals surface area contributed by atoms with E-state index in [0.29, 0.717) is 17.0 Å². The third kappa shape index (κ3) is 3.76. The molecule has 0 aromatic heterocycles. The van der Waals surface area contributed by atoms with Crippen molar-refractivity contribution in [2.45, 2.75) is 31.7 Å². The van der Waals surface area contributed by atoms with Crippen molar-refractivity contribution in [3.63, 3.8) is 0 Å². The number of ether oxygens (including phenoxy) is 1. The molecule has 1 amide bonds. The molecule has 0 atom stereocenters. The fourth-order valence-corrected chi connectivity index (χ4v) is 3.53. The number of nitrogen functional groups attached to an aromatic ring is 1. The molecule has 0 spiro atoms. The van der Waals surface area contributed by atoms with Crippen LogP contribution in [0.15, 0.2) is 18.2 Å². The first-order chi connectivity index (χ1) is 11.2. The highest BCUT2D eigenvalue weighted by atomic mass is 16.5. The van der Waals surface area contributed by atoms with Crippen molar-refractivity contribution in [3.8, 4) is 5.75 Å². The number of hydrogen-bond acceptors (Lipinski definition) is 5. The molecule has 1 aromatic carbocycles. The number of benzene rings is 1. The van der Waals surface area contributed by atoms with Crippen LogP contribution in [-0.2, 0) is 0 Å². The van der Waals surface area contributed by atoms with Gasteiger partial charge in [0, 0.05) is 37.8 Å². The van der Waals surface area contributed by atoms with Crippen LogP contribution in [0, 0.1) is 0 Å². The molecule has 6 heteroatoms. The average molecular weight is 318 g/mol. The summed E-state index contributed by atoms with van der Waals surface area (Å²) in [6.07, 6.45) is 5.39. The molecule has 126 valence electrons. The lowest BCUT2D eigenvalue weighted by molar-refractivity contribution is 0.0516. The lowest BCUT2D eigenvalue weighted by Gasteiger charge is -2.37. The van der Waals surface area contributed by atoms with Crippen molar-refractivity contribution in [1.82, 2.24) is 15.3 Å². The Bertz CT molecular complexity index is 550. The van der Waals surface area contributed by atoms with Crippen LogP contribution in [0.1, 0.15) is 36.0 Å². The fourth-order valence-electron chi connectivity index (χ4n) is 3.53. The molecular weight excluding hydrogens is 292 g/mol. The van der Waals surface area contributed by atoms with E-state index in [2.05, 4.69) is 10.3 Å². The highest BCUT2D eigenvalue weighted by Crippen LogP contribution is 2.24. The molecule has 1 saturated carbocycles. The van der Waals surface area contributed by atoms with Gasteiger partial charge in [0.05, 0.1) is 12.8 Å². The van der Waals surface area contributed by atoms with Gasteiger partial charge in [-0.2, -0.15) is 0 Å². The first-order valence-electron chi connectivity index (χ1n) is 8.41. The number of nitrogens with two attached hydrogens (primary N) is 1. The maximum atomic E-state index is 12.4. The molecule has 2 fully saturated rings. The summed E-state index contributed by atoms with van der Waals surface area (Å²) in [5, 5.41) is 2.01. The third-order valence-corrected chi connectivity index (χ3v) is 4.91. The zero-order valence-corrected chi connectivity index (χ0v) is 13.8. The van der Waals surface area contributed by atoms with Crippen LogP contribution in [0.25, 0.3) is 0 Å². The third-order valence-electron chi connectivity index (χ3n) is 4.91. The number of nitrogens with one attached hydrogen (secondary N) is 1. The lowest BCUT2D eigenvalue weighted by atomic mass is 10.1. The highest BCUT2D eigenvalue weighted by molar-refractivity contribution is 5.94. The van der Waals surface area contributed by atoms with Crippen molar-refractivity contribution >= 4 is 11.6 Å². The minimum absolute atomic E-state index is 0.113. The summed E-state index contributed by atoms with van der Waals surface area (Å²) < 4.78 is 5.17. The first kappa shape index (κ1) is 16.1. The smallest absolute Gasteiger partial charge is 0.265 e. The molecule has 0 radical (unpaired) electrons. The largest absolute Gasteiger partial charge is 0.495 e. The molecule has 1 aromatic rings. The molecule has 1 aliphatic heterocycles. The number of anilines is 1. The lowest BCUT2D eigenvalue weighted by Crippen LogP contribution is -2.55. The standard InChI is InChI=1S/C17H26N4O2/c1-23-16-12-13(6-7-15(16)18)17(22)19-21-10-8-20(9-11-21)14-4-2-3-5-14/h6-7,12,14H,2-5,8-11,18H2,1H3,(H,19,22). The number of carbonyl (C=O) groups excluding carboxylic acids is 1. The Hall–Kier alpha value is -1.79. The van der Waals surface area contributed by atoms with E-state index < -0.39 is 0 Å². The normalized spacial score (nSPS) is 20.6. The molecule has 3 N–H and O–H groups in total. The van der Waals surface area contributed by atoms with Crippen LogP contribution in [0.4, 0.5) is 5.69 Å². The van der Waals surface area contributed by atoms with Crippen molar-refractivity contribution < 1.29 is 9.53 Å². The zero-order chi connectivity index (χ0) is 16.2. The minimum Gasteiger partial charge on any atom is -0.495 e. The maximum absolute atomic E-state index is 12.4. The van der Waals surface area contributed by atoms with Crippen LogP contribution in [-0.4, -0.2) is 55.1 Å². The van der Waals surface area contributed by atoms with Gasteiger partial charge in [0.1, 0.15) is 5.75 Å². The van der Waals surface area contributed by atoms with Crippen LogP contribution in [0.3, 0.4) is 0 Å². The van der Waals surface area contributed by atoms with Gasteiger partial charge in [0.15, 0.2) is 0 Å². The second-order valence-corrected chi connectivity index (χ2v) is 6.36. The predicted octanol–water partition coefficient (Wildman–Crippen LogP) is 1.48. The molecule has 1 heterocycles. The summed E-state index contributed by atoms with van der Waals surface area (Å²) in [5.41, 5.74) is 9.88. The highest BCUT2D eigenvalue weighted by Gasteiger charge is 2.26. The monoisotopic (exact) mass is 318 g/mol. The van der Waals surface area contributed by atoms with Crippen LogP contribution in [0.5, 0.6) is 5.75 Å². The number of nitrogens with zero attached hydrogens (tertiary/aromatic N) is 2. The van der Waals surface area contributed by atoms with Crippen LogP contribution < -0.4 is 15.9 Å². The van der Waals surface area contributed by atoms with Crippen molar-refractivity contribution in [2.24, 2.45) is 0 Å². The number of rotatable bonds is 4. The van der Waals surface area contributed by atoms with E-state index in [4.69, 9.17) is 10.5 Å². The number of piperazine rings is 1. The molecule has 1 saturated heterocycles. The van der Waals surface area contributed by atoms with Crippen LogP contribution in [0.2, 0.25) is 0 Å². The molecule has 2 aliphatic rings. The Balaban J connectivity index is 1.53. The number of methoxy groups -OCH3 is 1. The Labute approximate surface area is 137 Å². The summed E-state index contributed by atoms with van der Waals surface area (Å²) in [7, 11) is 1.55. The van der Waals surface area contributed by atoms with Gasteiger partial charge in [0.25, 0.3) is 5.91 Å². The van der Waals surface area contributed by atoms with Gasteiger partial charge >= 0.3 is 0 Å². The number of hydrogen-bond donors (Lipinski definition) is 2. The second kappa shape index (κ2) is 7.19. The van der Waals surface area contributed by atoms with Gasteiger partial charge in [-0.1, -0.05) is 12.8 Å². The van der Waals surface area contributed by atoms with E-state index in [1.165, 1.54) is 25.7 Å². The van der Waals surface area contributed by atoms with Crippen LogP contribution >= 0.6 is 0 Å².